The van der Waals surface area contributed by atoms with Crippen molar-refractivity contribution in [3.63, 3.8) is 0 Å². The van der Waals surface area contributed by atoms with Gasteiger partial charge in [-0.3, -0.25) is 19.3 Å². The molecular formula is C20H20N2O4. The molecule has 3 rings (SSSR count). The number of ether oxygens (including phenoxy) is 1. The van der Waals surface area contributed by atoms with Gasteiger partial charge in [-0.15, -0.1) is 0 Å². The predicted molar refractivity (Wildman–Crippen MR) is 96.2 cm³/mol. The van der Waals surface area contributed by atoms with Crippen LogP contribution >= 0.6 is 0 Å². The summed E-state index contributed by atoms with van der Waals surface area (Å²) in [5.41, 5.74) is 2.28. The first-order valence-corrected chi connectivity index (χ1v) is 8.31. The van der Waals surface area contributed by atoms with E-state index in [0.29, 0.717) is 17.8 Å². The Morgan fingerprint density at radius 3 is 2.38 bits per heavy atom. The lowest BCUT2D eigenvalue weighted by Gasteiger charge is -2.27. The average molecular weight is 352 g/mol. The van der Waals surface area contributed by atoms with Crippen LogP contribution in [0.15, 0.2) is 54.6 Å². The van der Waals surface area contributed by atoms with Gasteiger partial charge < -0.3 is 9.64 Å². The fraction of sp³-hybridized carbons (Fsp3) is 0.250. The largest absolute Gasteiger partial charge is 0.468 e. The number of rotatable bonds is 5. The van der Waals surface area contributed by atoms with Crippen molar-refractivity contribution < 1.29 is 19.1 Å². The van der Waals surface area contributed by atoms with Gasteiger partial charge in [-0.1, -0.05) is 48.5 Å². The molecule has 1 atom stereocenters. The van der Waals surface area contributed by atoms with Crippen LogP contribution in [0.5, 0.6) is 0 Å². The number of amides is 2. The maximum atomic E-state index is 13.1. The maximum Gasteiger partial charge on any atom is 0.325 e. The maximum absolute atomic E-state index is 13.1. The Balaban J connectivity index is 1.98. The first kappa shape index (κ1) is 17.7. The molecular weight excluding hydrogens is 332 g/mol. The number of esters is 1. The molecule has 2 aromatic rings. The van der Waals surface area contributed by atoms with E-state index in [4.69, 9.17) is 4.74 Å². The van der Waals surface area contributed by atoms with Gasteiger partial charge in [0.15, 0.2) is 0 Å². The lowest BCUT2D eigenvalue weighted by Crippen LogP contribution is -2.41. The normalized spacial score (nSPS) is 15.5. The van der Waals surface area contributed by atoms with Gasteiger partial charge in [0.05, 0.1) is 12.8 Å². The SMILES string of the molecule is COC(=O)CN1C(=O)C(N(Cc2ccccc2)C(C)=O)c2ccccc21. The highest BCUT2D eigenvalue weighted by Crippen LogP contribution is 2.39. The summed E-state index contributed by atoms with van der Waals surface area (Å²) in [6.45, 7) is 1.58. The Bertz CT molecular complexity index is 835. The molecule has 1 aliphatic rings. The van der Waals surface area contributed by atoms with E-state index in [9.17, 15) is 14.4 Å². The molecule has 1 aliphatic heterocycles. The summed E-state index contributed by atoms with van der Waals surface area (Å²) >= 11 is 0. The highest BCUT2D eigenvalue weighted by molar-refractivity contribution is 6.08. The van der Waals surface area contributed by atoms with E-state index in [1.54, 1.807) is 12.1 Å². The Morgan fingerprint density at radius 1 is 1.08 bits per heavy atom. The molecule has 0 saturated carbocycles. The average Bonchev–Trinajstić information content (AvgIpc) is 2.92. The third-order valence-electron chi connectivity index (χ3n) is 4.45. The molecule has 0 aliphatic carbocycles. The summed E-state index contributed by atoms with van der Waals surface area (Å²) < 4.78 is 4.70. The summed E-state index contributed by atoms with van der Waals surface area (Å²) in [7, 11) is 1.28. The molecule has 26 heavy (non-hydrogen) atoms. The monoisotopic (exact) mass is 352 g/mol. The van der Waals surface area contributed by atoms with Crippen LogP contribution in [-0.2, 0) is 25.7 Å². The summed E-state index contributed by atoms with van der Waals surface area (Å²) in [5.74, 6) is -1.02. The fourth-order valence-corrected chi connectivity index (χ4v) is 3.19. The van der Waals surface area contributed by atoms with Gasteiger partial charge in [-0.2, -0.15) is 0 Å². The molecule has 6 heteroatoms. The molecule has 0 bridgehead atoms. The van der Waals surface area contributed by atoms with Crippen LogP contribution in [0.1, 0.15) is 24.1 Å². The van der Waals surface area contributed by atoms with Gasteiger partial charge >= 0.3 is 5.97 Å². The zero-order chi connectivity index (χ0) is 18.7. The number of benzene rings is 2. The Kier molecular flexibility index (Phi) is 5.02. The molecule has 0 spiro atoms. The van der Waals surface area contributed by atoms with E-state index in [0.717, 1.165) is 5.56 Å². The third kappa shape index (κ3) is 3.31. The van der Waals surface area contributed by atoms with E-state index in [-0.39, 0.29) is 18.4 Å². The molecule has 2 aromatic carbocycles. The molecule has 0 aromatic heterocycles. The van der Waals surface area contributed by atoms with Gasteiger partial charge in [-0.25, -0.2) is 0 Å². The fourth-order valence-electron chi connectivity index (χ4n) is 3.19. The molecule has 0 fully saturated rings. The van der Waals surface area contributed by atoms with Crippen molar-refractivity contribution in [3.8, 4) is 0 Å². The van der Waals surface area contributed by atoms with Crippen LogP contribution in [0.3, 0.4) is 0 Å². The highest BCUT2D eigenvalue weighted by atomic mass is 16.5. The topological polar surface area (TPSA) is 66.9 Å². The van der Waals surface area contributed by atoms with Crippen molar-refractivity contribution in [1.82, 2.24) is 4.90 Å². The molecule has 0 saturated heterocycles. The molecule has 1 heterocycles. The van der Waals surface area contributed by atoms with E-state index in [2.05, 4.69) is 0 Å². The minimum atomic E-state index is -0.756. The van der Waals surface area contributed by atoms with Crippen LogP contribution < -0.4 is 4.90 Å². The molecule has 0 radical (unpaired) electrons. The van der Waals surface area contributed by atoms with Gasteiger partial charge in [0.1, 0.15) is 12.6 Å². The summed E-state index contributed by atoms with van der Waals surface area (Å²) in [6, 6.07) is 16.0. The zero-order valence-electron chi connectivity index (χ0n) is 14.7. The lowest BCUT2D eigenvalue weighted by atomic mass is 10.1. The Morgan fingerprint density at radius 2 is 1.73 bits per heavy atom. The van der Waals surface area contributed by atoms with Crippen molar-refractivity contribution in [2.24, 2.45) is 0 Å². The predicted octanol–water partition coefficient (Wildman–Crippen LogP) is 2.30. The third-order valence-corrected chi connectivity index (χ3v) is 4.45. The van der Waals surface area contributed by atoms with Crippen molar-refractivity contribution in [2.75, 3.05) is 18.6 Å². The first-order chi connectivity index (χ1) is 12.5. The second kappa shape index (κ2) is 7.39. The van der Waals surface area contributed by atoms with Crippen LogP contribution in [0.2, 0.25) is 0 Å². The van der Waals surface area contributed by atoms with Crippen molar-refractivity contribution in [3.05, 3.63) is 65.7 Å². The second-order valence-electron chi connectivity index (χ2n) is 6.09. The number of carbonyl (C=O) groups excluding carboxylic acids is 3. The number of anilines is 1. The van der Waals surface area contributed by atoms with Crippen LogP contribution in [0.25, 0.3) is 0 Å². The standard InChI is InChI=1S/C20H20N2O4/c1-14(23)21(12-15-8-4-3-5-9-15)19-16-10-6-7-11-17(16)22(20(19)25)13-18(24)26-2/h3-11,19H,12-13H2,1-2H3. The van der Waals surface area contributed by atoms with Crippen molar-refractivity contribution >= 4 is 23.5 Å². The highest BCUT2D eigenvalue weighted by Gasteiger charge is 2.42. The van der Waals surface area contributed by atoms with Crippen molar-refractivity contribution in [2.45, 2.75) is 19.5 Å². The quantitative estimate of drug-likeness (QED) is 0.775. The number of fused-ring (bicyclic) bond motifs is 1. The summed E-state index contributed by atoms with van der Waals surface area (Å²) in [6.07, 6.45) is 0. The number of nitrogens with zero attached hydrogens (tertiary/aromatic N) is 2. The molecule has 134 valence electrons. The summed E-state index contributed by atoms with van der Waals surface area (Å²) in [4.78, 5) is 40.1. The minimum Gasteiger partial charge on any atom is -0.468 e. The number of hydrogen-bond donors (Lipinski definition) is 0. The molecule has 2 amide bonds. The summed E-state index contributed by atoms with van der Waals surface area (Å²) in [5, 5.41) is 0. The lowest BCUT2D eigenvalue weighted by molar-refractivity contribution is -0.141. The zero-order valence-corrected chi connectivity index (χ0v) is 14.7. The van der Waals surface area contributed by atoms with Gasteiger partial charge in [0.2, 0.25) is 5.91 Å². The first-order valence-electron chi connectivity index (χ1n) is 8.31. The van der Waals surface area contributed by atoms with E-state index < -0.39 is 12.0 Å². The van der Waals surface area contributed by atoms with Crippen molar-refractivity contribution in [1.29, 1.82) is 0 Å². The second-order valence-corrected chi connectivity index (χ2v) is 6.09. The van der Waals surface area contributed by atoms with Gasteiger partial charge in [0, 0.05) is 19.0 Å². The van der Waals surface area contributed by atoms with E-state index in [1.807, 2.05) is 42.5 Å². The number of para-hydroxylation sites is 1. The number of methoxy groups -OCH3 is 1. The van der Waals surface area contributed by atoms with E-state index in [1.165, 1.54) is 23.8 Å². The molecule has 1 unspecified atom stereocenters. The Labute approximate surface area is 152 Å². The van der Waals surface area contributed by atoms with Crippen LogP contribution in [0.4, 0.5) is 5.69 Å². The number of carbonyl (C=O) groups is 3. The minimum absolute atomic E-state index is 0.181. The smallest absolute Gasteiger partial charge is 0.325 e. The molecule has 6 nitrogen and oxygen atoms in total. The van der Waals surface area contributed by atoms with Gasteiger partial charge in [-0.05, 0) is 11.6 Å². The molecule has 0 N–H and O–H groups in total. The van der Waals surface area contributed by atoms with E-state index >= 15 is 0 Å². The van der Waals surface area contributed by atoms with Gasteiger partial charge in [0.25, 0.3) is 5.91 Å². The number of hydrogen-bond acceptors (Lipinski definition) is 4. The van der Waals surface area contributed by atoms with Crippen LogP contribution in [-0.4, -0.2) is 36.3 Å². The van der Waals surface area contributed by atoms with Crippen LogP contribution in [0, 0.1) is 0 Å². The Hall–Kier alpha value is -3.15.